The van der Waals surface area contributed by atoms with Gasteiger partial charge in [-0.1, -0.05) is 48.5 Å². The molecule has 1 heterocycles. The Kier molecular flexibility index (Phi) is 5.71. The maximum Gasteiger partial charge on any atom is 0.238 e. The minimum Gasteiger partial charge on any atom is -0.496 e. The summed E-state index contributed by atoms with van der Waals surface area (Å²) < 4.78 is 30.7. The molecule has 0 bridgehead atoms. The smallest absolute Gasteiger partial charge is 0.238 e. The number of methoxy groups -OCH3 is 1. The first kappa shape index (κ1) is 21.9. The van der Waals surface area contributed by atoms with Crippen molar-refractivity contribution < 1.29 is 13.2 Å². The number of primary sulfonamides is 1. The molecule has 4 rings (SSSR count). The fourth-order valence-corrected chi connectivity index (χ4v) is 5.04. The van der Waals surface area contributed by atoms with E-state index in [1.54, 1.807) is 6.08 Å². The van der Waals surface area contributed by atoms with Gasteiger partial charge in [-0.25, -0.2) is 13.6 Å². The van der Waals surface area contributed by atoms with Gasteiger partial charge >= 0.3 is 0 Å². The van der Waals surface area contributed by atoms with Crippen molar-refractivity contribution in [2.24, 2.45) is 15.1 Å². The minimum absolute atomic E-state index is 0.0330. The SMILES string of the molecule is C=CCc1c(S(N)(=O)=O)cc(OC)c(CC2(C)N=c3ccccc3=N2)c1-c1ccccc1. The predicted molar refractivity (Wildman–Crippen MR) is 125 cm³/mol. The average molecular weight is 448 g/mol. The van der Waals surface area contributed by atoms with E-state index in [2.05, 4.69) is 6.58 Å². The second-order valence-electron chi connectivity index (χ2n) is 7.92. The molecule has 3 aromatic rings. The van der Waals surface area contributed by atoms with Crippen molar-refractivity contribution in [3.05, 3.63) is 95.2 Å². The number of nitrogens with two attached hydrogens (primary N) is 1. The van der Waals surface area contributed by atoms with Crippen molar-refractivity contribution in [2.45, 2.75) is 30.3 Å². The predicted octanol–water partition coefficient (Wildman–Crippen LogP) is 2.95. The third kappa shape index (κ3) is 4.09. The van der Waals surface area contributed by atoms with Gasteiger partial charge in [0.25, 0.3) is 0 Å². The average Bonchev–Trinajstić information content (AvgIpc) is 3.09. The normalized spacial score (nSPS) is 14.2. The van der Waals surface area contributed by atoms with E-state index >= 15 is 0 Å². The van der Waals surface area contributed by atoms with Gasteiger partial charge in [0.1, 0.15) is 5.75 Å². The molecule has 0 atom stereocenters. The Morgan fingerprint density at radius 1 is 1.03 bits per heavy atom. The van der Waals surface area contributed by atoms with Crippen LogP contribution in [0.15, 0.2) is 88.2 Å². The Hall–Kier alpha value is -3.29. The summed E-state index contributed by atoms with van der Waals surface area (Å²) in [5, 5.41) is 7.27. The molecule has 0 amide bonds. The largest absolute Gasteiger partial charge is 0.496 e. The van der Waals surface area contributed by atoms with Crippen molar-refractivity contribution in [3.63, 3.8) is 0 Å². The van der Waals surface area contributed by atoms with Crippen molar-refractivity contribution in [1.29, 1.82) is 0 Å². The highest BCUT2D eigenvalue weighted by atomic mass is 32.2. The number of sulfonamides is 1. The highest BCUT2D eigenvalue weighted by molar-refractivity contribution is 7.89. The molecular weight excluding hydrogens is 422 g/mol. The number of hydrogen-bond acceptors (Lipinski definition) is 5. The van der Waals surface area contributed by atoms with Crippen LogP contribution in [0.4, 0.5) is 0 Å². The highest BCUT2D eigenvalue weighted by Crippen LogP contribution is 2.41. The third-order valence-electron chi connectivity index (χ3n) is 5.51. The van der Waals surface area contributed by atoms with Gasteiger partial charge in [-0.2, -0.15) is 0 Å². The molecule has 0 unspecified atom stereocenters. The first-order valence-electron chi connectivity index (χ1n) is 10.2. The molecule has 6 nitrogen and oxygen atoms in total. The Balaban J connectivity index is 2.02. The van der Waals surface area contributed by atoms with Gasteiger partial charge in [0.2, 0.25) is 10.0 Å². The number of fused-ring (bicyclic) bond motifs is 1. The van der Waals surface area contributed by atoms with Crippen LogP contribution in [0.3, 0.4) is 0 Å². The van der Waals surface area contributed by atoms with E-state index in [1.807, 2.05) is 61.5 Å². The van der Waals surface area contributed by atoms with Crippen molar-refractivity contribution in [1.82, 2.24) is 0 Å². The maximum absolute atomic E-state index is 12.5. The van der Waals surface area contributed by atoms with Crippen LogP contribution < -0.4 is 20.6 Å². The van der Waals surface area contributed by atoms with E-state index in [0.29, 0.717) is 24.2 Å². The topological polar surface area (TPSA) is 94.1 Å². The van der Waals surface area contributed by atoms with Crippen molar-refractivity contribution in [2.75, 3.05) is 7.11 Å². The molecule has 7 heteroatoms. The van der Waals surface area contributed by atoms with Crippen LogP contribution in [0.25, 0.3) is 11.1 Å². The number of rotatable bonds is 7. The van der Waals surface area contributed by atoms with Crippen LogP contribution in [-0.4, -0.2) is 21.2 Å². The maximum atomic E-state index is 12.5. The van der Waals surface area contributed by atoms with Gasteiger partial charge in [0, 0.05) is 18.1 Å². The molecule has 2 N–H and O–H groups in total. The zero-order chi connectivity index (χ0) is 22.9. The van der Waals surface area contributed by atoms with E-state index in [4.69, 9.17) is 19.9 Å². The number of para-hydroxylation sites is 2. The second-order valence-corrected chi connectivity index (χ2v) is 9.45. The van der Waals surface area contributed by atoms with Gasteiger partial charge in [-0.3, -0.25) is 9.98 Å². The van der Waals surface area contributed by atoms with Crippen LogP contribution in [0, 0.1) is 0 Å². The minimum atomic E-state index is -4.00. The summed E-state index contributed by atoms with van der Waals surface area (Å²) in [7, 11) is -2.47. The van der Waals surface area contributed by atoms with Crippen LogP contribution in [-0.2, 0) is 22.9 Å². The lowest BCUT2D eigenvalue weighted by molar-refractivity contribution is 0.399. The molecule has 1 aliphatic rings. The fourth-order valence-electron chi connectivity index (χ4n) is 4.24. The molecule has 0 aliphatic carbocycles. The van der Waals surface area contributed by atoms with Gasteiger partial charge in [-0.05, 0) is 42.2 Å². The van der Waals surface area contributed by atoms with E-state index in [-0.39, 0.29) is 4.90 Å². The molecule has 0 spiro atoms. The fraction of sp³-hybridized carbons (Fsp3) is 0.200. The highest BCUT2D eigenvalue weighted by Gasteiger charge is 2.31. The van der Waals surface area contributed by atoms with Gasteiger partial charge in [-0.15, -0.1) is 6.58 Å². The number of benzene rings is 3. The van der Waals surface area contributed by atoms with Crippen LogP contribution in [0.5, 0.6) is 5.75 Å². The molecule has 32 heavy (non-hydrogen) atoms. The summed E-state index contributed by atoms with van der Waals surface area (Å²) in [4.78, 5) is 9.73. The Morgan fingerprint density at radius 2 is 1.62 bits per heavy atom. The number of allylic oxidation sites excluding steroid dienone is 1. The lowest BCUT2D eigenvalue weighted by atomic mass is 9.87. The lowest BCUT2D eigenvalue weighted by Gasteiger charge is -2.25. The molecule has 0 saturated heterocycles. The summed E-state index contributed by atoms with van der Waals surface area (Å²) >= 11 is 0. The van der Waals surface area contributed by atoms with E-state index in [9.17, 15) is 8.42 Å². The van der Waals surface area contributed by atoms with Crippen molar-refractivity contribution in [3.8, 4) is 16.9 Å². The first-order chi connectivity index (χ1) is 15.3. The summed E-state index contributed by atoms with van der Waals surface area (Å²) in [5.41, 5.74) is 2.28. The second kappa shape index (κ2) is 8.33. The third-order valence-corrected chi connectivity index (χ3v) is 6.49. The summed E-state index contributed by atoms with van der Waals surface area (Å²) in [5.74, 6) is 0.434. The van der Waals surface area contributed by atoms with Crippen LogP contribution >= 0.6 is 0 Å². The van der Waals surface area contributed by atoms with Crippen LogP contribution in [0.1, 0.15) is 18.1 Å². The molecule has 3 aromatic carbocycles. The van der Waals surface area contributed by atoms with Crippen LogP contribution in [0.2, 0.25) is 0 Å². The van der Waals surface area contributed by atoms with Gasteiger partial charge < -0.3 is 4.74 Å². The zero-order valence-electron chi connectivity index (χ0n) is 18.1. The summed E-state index contributed by atoms with van der Waals surface area (Å²) in [6.07, 6.45) is 2.43. The number of hydrogen-bond donors (Lipinski definition) is 1. The monoisotopic (exact) mass is 447 g/mol. The summed E-state index contributed by atoms with van der Waals surface area (Å²) in [6.45, 7) is 5.79. The van der Waals surface area contributed by atoms with E-state index in [0.717, 1.165) is 27.4 Å². The van der Waals surface area contributed by atoms with Gasteiger partial charge in [0.15, 0.2) is 5.66 Å². The Labute approximate surface area is 187 Å². The summed E-state index contributed by atoms with van der Waals surface area (Å²) in [6, 6.07) is 18.9. The first-order valence-corrected chi connectivity index (χ1v) is 11.8. The zero-order valence-corrected chi connectivity index (χ0v) is 18.9. The van der Waals surface area contributed by atoms with Gasteiger partial charge in [0.05, 0.1) is 22.7 Å². The van der Waals surface area contributed by atoms with Crippen molar-refractivity contribution >= 4 is 10.0 Å². The lowest BCUT2D eigenvalue weighted by Crippen LogP contribution is -2.24. The molecule has 1 aliphatic heterocycles. The Morgan fingerprint density at radius 3 is 2.16 bits per heavy atom. The van der Waals surface area contributed by atoms with E-state index in [1.165, 1.54) is 13.2 Å². The van der Waals surface area contributed by atoms with E-state index < -0.39 is 15.7 Å². The molecule has 0 aromatic heterocycles. The standard InChI is InChI=1S/C25H25N3O3S/c1-4-10-18-23(32(26,29)30)15-22(31-3)19(24(18)17-11-6-5-7-12-17)16-25(2)27-20-13-8-9-14-21(20)28-25/h4-9,11-15H,1,10,16H2,2-3H3,(H2,26,29,30). The number of ether oxygens (including phenoxy) is 1. The number of nitrogens with zero attached hydrogens (tertiary/aromatic N) is 2. The molecule has 0 fully saturated rings. The quantitative estimate of drug-likeness (QED) is 0.564. The molecular formula is C25H25N3O3S. The molecule has 0 saturated carbocycles. The molecule has 0 radical (unpaired) electrons. The molecule has 164 valence electrons. The Bertz CT molecular complexity index is 1380.